The third-order valence-electron chi connectivity index (χ3n) is 8.03. The summed E-state index contributed by atoms with van der Waals surface area (Å²) in [5, 5.41) is 4.00. The van der Waals surface area contributed by atoms with E-state index < -0.39 is 0 Å². The molecule has 4 heterocycles. The number of aryl methyl sites for hydroxylation is 2. The smallest absolute Gasteiger partial charge is 0.254 e. The minimum atomic E-state index is -0.137. The minimum absolute atomic E-state index is 0.124. The first-order valence-electron chi connectivity index (χ1n) is 12.8. The van der Waals surface area contributed by atoms with Gasteiger partial charge in [-0.3, -0.25) is 14.5 Å². The van der Waals surface area contributed by atoms with Gasteiger partial charge in [0, 0.05) is 60.1 Å². The predicted octanol–water partition coefficient (Wildman–Crippen LogP) is 3.21. The van der Waals surface area contributed by atoms with E-state index in [0.717, 1.165) is 46.0 Å². The molecular weight excluding hydrogens is 438 g/mol. The molecule has 0 aliphatic carbocycles. The lowest BCUT2D eigenvalue weighted by molar-refractivity contribution is 0.0276. The Morgan fingerprint density at radius 3 is 2.51 bits per heavy atom. The Labute approximate surface area is 207 Å². The van der Waals surface area contributed by atoms with Crippen molar-refractivity contribution in [3.8, 4) is 0 Å². The molecule has 3 aromatic rings. The van der Waals surface area contributed by atoms with Gasteiger partial charge in [0.25, 0.3) is 11.5 Å². The number of hydrogen-bond donors (Lipinski definition) is 2. The molecule has 0 radical (unpaired) electrons. The molecule has 7 nitrogen and oxygen atoms in total. The second-order valence-corrected chi connectivity index (χ2v) is 10.6. The van der Waals surface area contributed by atoms with Gasteiger partial charge in [-0.25, -0.2) is 0 Å². The number of benzene rings is 1. The number of piperidine rings is 1. The first-order chi connectivity index (χ1) is 16.8. The monoisotopic (exact) mass is 475 g/mol. The van der Waals surface area contributed by atoms with Gasteiger partial charge in [-0.2, -0.15) is 0 Å². The van der Waals surface area contributed by atoms with Crippen LogP contribution in [-0.2, 0) is 13.1 Å². The molecule has 35 heavy (non-hydrogen) atoms. The molecule has 0 bridgehead atoms. The maximum Gasteiger partial charge on any atom is 0.254 e. The SMILES string of the molecule is Cc1cc(C)c(CNC(=O)c2c(C)n(CC3CCN(C4CN(C)C4)CC3)c3ccccc23)c(=O)[nH]1. The number of aromatic amines is 1. The van der Waals surface area contributed by atoms with E-state index in [4.69, 9.17) is 0 Å². The summed E-state index contributed by atoms with van der Waals surface area (Å²) in [7, 11) is 2.19. The number of nitrogens with one attached hydrogen (secondary N) is 2. The number of carbonyl (C=O) groups excluding carboxylic acids is 1. The summed E-state index contributed by atoms with van der Waals surface area (Å²) >= 11 is 0. The molecule has 2 saturated heterocycles. The lowest BCUT2D eigenvalue weighted by atomic mass is 9.94. The van der Waals surface area contributed by atoms with Crippen LogP contribution in [0.4, 0.5) is 0 Å². The van der Waals surface area contributed by atoms with E-state index in [-0.39, 0.29) is 18.0 Å². The van der Waals surface area contributed by atoms with Gasteiger partial charge in [0.05, 0.1) is 5.56 Å². The molecule has 5 rings (SSSR count). The van der Waals surface area contributed by atoms with E-state index in [2.05, 4.69) is 44.7 Å². The van der Waals surface area contributed by atoms with Crippen molar-refractivity contribution in [1.29, 1.82) is 0 Å². The van der Waals surface area contributed by atoms with Crippen molar-refractivity contribution in [3.05, 3.63) is 68.8 Å². The number of aromatic nitrogens is 2. The lowest BCUT2D eigenvalue weighted by Crippen LogP contribution is -2.59. The molecule has 7 heteroatoms. The van der Waals surface area contributed by atoms with Crippen molar-refractivity contribution in [2.45, 2.75) is 52.7 Å². The van der Waals surface area contributed by atoms with Crippen LogP contribution >= 0.6 is 0 Å². The van der Waals surface area contributed by atoms with Crippen LogP contribution in [0.1, 0.15) is 45.7 Å². The van der Waals surface area contributed by atoms with Gasteiger partial charge in [0.2, 0.25) is 0 Å². The number of hydrogen-bond acceptors (Lipinski definition) is 4. The number of amides is 1. The molecule has 0 atom stereocenters. The number of H-pyrrole nitrogens is 1. The number of likely N-dealkylation sites (N-methyl/N-ethyl adjacent to an activating group) is 1. The zero-order valence-corrected chi connectivity index (χ0v) is 21.4. The van der Waals surface area contributed by atoms with E-state index in [1.54, 1.807) is 0 Å². The second-order valence-electron chi connectivity index (χ2n) is 10.6. The fourth-order valence-electron chi connectivity index (χ4n) is 5.97. The summed E-state index contributed by atoms with van der Waals surface area (Å²) in [5.74, 6) is 0.490. The predicted molar refractivity (Wildman–Crippen MR) is 140 cm³/mol. The van der Waals surface area contributed by atoms with Gasteiger partial charge in [0.15, 0.2) is 0 Å². The first kappa shape index (κ1) is 23.8. The number of nitrogens with zero attached hydrogens (tertiary/aromatic N) is 3. The standard InChI is InChI=1S/C28H37N5O2/c1-18-13-19(2)30-27(34)24(18)14-29-28(35)26-20(3)33(25-8-6-5-7-23(25)26)15-21-9-11-32(12-10-21)22-16-31(4)17-22/h5-8,13,21-22H,9-12,14-17H2,1-4H3,(H,29,35)(H,30,34). The van der Waals surface area contributed by atoms with Gasteiger partial charge < -0.3 is 19.8 Å². The number of para-hydroxylation sites is 1. The van der Waals surface area contributed by atoms with Crippen LogP contribution in [0.15, 0.2) is 35.1 Å². The molecule has 2 aliphatic rings. The van der Waals surface area contributed by atoms with E-state index in [9.17, 15) is 9.59 Å². The third kappa shape index (κ3) is 4.67. The molecule has 186 valence electrons. The Morgan fingerprint density at radius 2 is 1.83 bits per heavy atom. The van der Waals surface area contributed by atoms with Crippen LogP contribution in [-0.4, -0.2) is 64.5 Å². The molecular formula is C28H37N5O2. The summed E-state index contributed by atoms with van der Waals surface area (Å²) in [6, 6.07) is 10.9. The second kappa shape index (κ2) is 9.63. The Hall–Kier alpha value is -2.90. The van der Waals surface area contributed by atoms with Crippen molar-refractivity contribution in [2.75, 3.05) is 33.2 Å². The van der Waals surface area contributed by atoms with E-state index >= 15 is 0 Å². The van der Waals surface area contributed by atoms with Crippen molar-refractivity contribution < 1.29 is 4.79 Å². The molecule has 0 unspecified atom stereocenters. The summed E-state index contributed by atoms with van der Waals surface area (Å²) in [5.41, 5.74) is 5.02. The summed E-state index contributed by atoms with van der Waals surface area (Å²) < 4.78 is 2.34. The molecule has 2 aromatic heterocycles. The van der Waals surface area contributed by atoms with Gasteiger partial charge in [-0.1, -0.05) is 18.2 Å². The van der Waals surface area contributed by atoms with Crippen LogP contribution in [0.2, 0.25) is 0 Å². The van der Waals surface area contributed by atoms with Gasteiger partial charge in [-0.05, 0) is 77.4 Å². The first-order valence-corrected chi connectivity index (χ1v) is 12.8. The number of carbonyl (C=O) groups is 1. The Morgan fingerprint density at radius 1 is 1.11 bits per heavy atom. The third-order valence-corrected chi connectivity index (χ3v) is 8.03. The van der Waals surface area contributed by atoms with E-state index in [0.29, 0.717) is 11.5 Å². The molecule has 0 saturated carbocycles. The fraction of sp³-hybridized carbons (Fsp3) is 0.500. The average Bonchev–Trinajstić information content (AvgIpc) is 3.08. The van der Waals surface area contributed by atoms with Gasteiger partial charge >= 0.3 is 0 Å². The highest BCUT2D eigenvalue weighted by Gasteiger charge is 2.32. The maximum atomic E-state index is 13.4. The van der Waals surface area contributed by atoms with Gasteiger partial charge in [0.1, 0.15) is 0 Å². The van der Waals surface area contributed by atoms with Gasteiger partial charge in [-0.15, -0.1) is 0 Å². The van der Waals surface area contributed by atoms with Crippen LogP contribution in [0.3, 0.4) is 0 Å². The van der Waals surface area contributed by atoms with Crippen LogP contribution < -0.4 is 10.9 Å². The Bertz CT molecular complexity index is 1290. The van der Waals surface area contributed by atoms with Crippen molar-refractivity contribution in [3.63, 3.8) is 0 Å². The van der Waals surface area contributed by atoms with Crippen LogP contribution in [0.25, 0.3) is 10.9 Å². The number of fused-ring (bicyclic) bond motifs is 1. The zero-order valence-electron chi connectivity index (χ0n) is 21.4. The summed E-state index contributed by atoms with van der Waals surface area (Å²) in [6.07, 6.45) is 2.40. The van der Waals surface area contributed by atoms with E-state index in [1.807, 2.05) is 38.1 Å². The van der Waals surface area contributed by atoms with Crippen LogP contribution in [0, 0.1) is 26.7 Å². The van der Waals surface area contributed by atoms with Crippen molar-refractivity contribution in [2.24, 2.45) is 5.92 Å². The summed E-state index contributed by atoms with van der Waals surface area (Å²) in [4.78, 5) is 33.7. The van der Waals surface area contributed by atoms with E-state index in [1.165, 1.54) is 39.0 Å². The minimum Gasteiger partial charge on any atom is -0.348 e. The molecule has 0 spiro atoms. The summed E-state index contributed by atoms with van der Waals surface area (Å²) in [6.45, 7) is 11.7. The van der Waals surface area contributed by atoms with Crippen molar-refractivity contribution >= 4 is 16.8 Å². The maximum absolute atomic E-state index is 13.4. The number of pyridine rings is 1. The normalized spacial score (nSPS) is 18.2. The molecule has 2 fully saturated rings. The van der Waals surface area contributed by atoms with Crippen molar-refractivity contribution in [1.82, 2.24) is 24.7 Å². The molecule has 1 amide bonds. The molecule has 2 N–H and O–H groups in total. The highest BCUT2D eigenvalue weighted by Crippen LogP contribution is 2.30. The zero-order chi connectivity index (χ0) is 24.7. The Balaban J connectivity index is 1.32. The highest BCUT2D eigenvalue weighted by atomic mass is 16.2. The average molecular weight is 476 g/mol. The number of rotatable bonds is 6. The molecule has 2 aliphatic heterocycles. The lowest BCUT2D eigenvalue weighted by Gasteiger charge is -2.46. The largest absolute Gasteiger partial charge is 0.348 e. The van der Waals surface area contributed by atoms with Crippen LogP contribution in [0.5, 0.6) is 0 Å². The quantitative estimate of drug-likeness (QED) is 0.574. The topological polar surface area (TPSA) is 73.4 Å². The Kier molecular flexibility index (Phi) is 6.55. The highest BCUT2D eigenvalue weighted by molar-refractivity contribution is 6.08. The molecule has 1 aromatic carbocycles. The number of likely N-dealkylation sites (tertiary alicyclic amines) is 2. The fourth-order valence-corrected chi connectivity index (χ4v) is 5.97.